The van der Waals surface area contributed by atoms with Crippen LogP contribution in [0.1, 0.15) is 48.1 Å². The number of aromatic hydroxyl groups is 1. The van der Waals surface area contributed by atoms with Crippen molar-refractivity contribution in [3.05, 3.63) is 72.7 Å². The summed E-state index contributed by atoms with van der Waals surface area (Å²) in [6, 6.07) is 6.82. The largest absolute Gasteiger partial charge is 0.505 e. The Morgan fingerprint density at radius 1 is 1.26 bits per heavy atom. The fraction of sp³-hybridized carbons (Fsp3) is 0.320. The number of phenols is 1. The first-order valence-electron chi connectivity index (χ1n) is 12.5. The second-order valence-corrected chi connectivity index (χ2v) is 12.5. The van der Waals surface area contributed by atoms with Gasteiger partial charge in [0.15, 0.2) is 16.9 Å². The van der Waals surface area contributed by atoms with Crippen LogP contribution in [0.5, 0.6) is 5.75 Å². The molecule has 0 unspecified atom stereocenters. The van der Waals surface area contributed by atoms with Crippen LogP contribution in [0, 0.1) is 16.1 Å². The van der Waals surface area contributed by atoms with Crippen molar-refractivity contribution in [1.82, 2.24) is 14.9 Å². The minimum Gasteiger partial charge on any atom is -0.505 e. The normalized spacial score (nSPS) is 23.4. The van der Waals surface area contributed by atoms with E-state index in [-0.39, 0.29) is 38.9 Å². The summed E-state index contributed by atoms with van der Waals surface area (Å²) in [6.07, 6.45) is -3.32. The predicted molar refractivity (Wildman–Crippen MR) is 146 cm³/mol. The first-order chi connectivity index (χ1) is 19.7. The molecule has 0 saturated carbocycles. The molecule has 6 N–H and O–H groups in total. The molecular formula is C25H23Cl2N6O8P. The van der Waals surface area contributed by atoms with Gasteiger partial charge in [0.2, 0.25) is 5.96 Å². The number of amides is 1. The molecule has 220 valence electrons. The van der Waals surface area contributed by atoms with Crippen molar-refractivity contribution in [3.63, 3.8) is 0 Å². The van der Waals surface area contributed by atoms with Crippen molar-refractivity contribution < 1.29 is 38.6 Å². The Morgan fingerprint density at radius 2 is 2.00 bits per heavy atom. The van der Waals surface area contributed by atoms with E-state index in [1.54, 1.807) is 24.3 Å². The Balaban J connectivity index is 1.58. The van der Waals surface area contributed by atoms with E-state index in [2.05, 4.69) is 19.8 Å². The van der Waals surface area contributed by atoms with Crippen molar-refractivity contribution in [3.8, 4) is 5.75 Å². The highest BCUT2D eigenvalue weighted by atomic mass is 35.5. The Hall–Kier alpha value is -3.20. The summed E-state index contributed by atoms with van der Waals surface area (Å²) >= 11 is 12.7. The molecule has 3 aliphatic heterocycles. The van der Waals surface area contributed by atoms with Gasteiger partial charge >= 0.3 is 7.82 Å². The summed E-state index contributed by atoms with van der Waals surface area (Å²) < 4.78 is 23.1. The summed E-state index contributed by atoms with van der Waals surface area (Å²) in [7, 11) is -4.82. The number of halogens is 2. The topological polar surface area (TPSA) is 212 Å². The molecule has 0 aliphatic carbocycles. The van der Waals surface area contributed by atoms with Gasteiger partial charge in [0.05, 0.1) is 33.8 Å². The number of carbonyl (C=O) groups excluding carboxylic acids is 1. The molecule has 2 aromatic carbocycles. The number of hydrogen-bond donors (Lipinski definition) is 6. The van der Waals surface area contributed by atoms with Crippen molar-refractivity contribution in [2.45, 2.75) is 44.1 Å². The molecule has 3 atom stereocenters. The zero-order chi connectivity index (χ0) is 30.3. The molecule has 3 aromatic rings. The van der Waals surface area contributed by atoms with Gasteiger partial charge < -0.3 is 24.7 Å². The quantitative estimate of drug-likeness (QED) is 0.230. The number of guanidine groups is 1. The number of carbonyl (C=O) groups is 1. The van der Waals surface area contributed by atoms with Crippen LogP contribution in [0.2, 0.25) is 10.0 Å². The van der Waals surface area contributed by atoms with Crippen molar-refractivity contribution >= 4 is 48.6 Å². The monoisotopic (exact) mass is 636 g/mol. The van der Waals surface area contributed by atoms with Gasteiger partial charge in [0.1, 0.15) is 17.8 Å². The third-order valence-electron chi connectivity index (χ3n) is 7.42. The molecule has 4 heterocycles. The SMILES string of the molecule is CC1(C)c2c(cc(Cl)c(O)c2Cl)N=c2ccc(=c3nc4c(n3[C@H]3C[C@H](O)[C@@H](COP(=O)(O)O)O3)=NC(=N)NC4=O)cc21. The number of rotatable bonds is 4. The Labute approximate surface area is 246 Å². The molecule has 1 aromatic heterocycles. The first-order valence-corrected chi connectivity index (χ1v) is 14.8. The van der Waals surface area contributed by atoms with E-state index in [9.17, 15) is 19.6 Å². The highest BCUT2D eigenvalue weighted by Crippen LogP contribution is 2.49. The lowest BCUT2D eigenvalue weighted by molar-refractivity contribution is -0.0454. The summed E-state index contributed by atoms with van der Waals surface area (Å²) in [5, 5.41) is 32.6. The van der Waals surface area contributed by atoms with Crippen LogP contribution in [0.3, 0.4) is 0 Å². The summed E-state index contributed by atoms with van der Waals surface area (Å²) in [6.45, 7) is 3.23. The smallest absolute Gasteiger partial charge is 0.469 e. The summed E-state index contributed by atoms with van der Waals surface area (Å²) in [4.78, 5) is 44.3. The molecule has 1 fully saturated rings. The van der Waals surface area contributed by atoms with Crippen molar-refractivity contribution in [2.75, 3.05) is 6.61 Å². The van der Waals surface area contributed by atoms with Gasteiger partial charge in [-0.3, -0.25) is 24.6 Å². The molecule has 14 nitrogen and oxygen atoms in total. The van der Waals surface area contributed by atoms with Gasteiger partial charge in [-0.25, -0.2) is 14.5 Å². The number of ether oxygens (including phenoxy) is 1. The number of nitrogens with zero attached hydrogens (tertiary/aromatic N) is 4. The lowest BCUT2D eigenvalue weighted by Crippen LogP contribution is -2.41. The Morgan fingerprint density at radius 3 is 2.71 bits per heavy atom. The number of fused-ring (bicyclic) bond motifs is 3. The predicted octanol–water partition coefficient (Wildman–Crippen LogP) is 1.83. The zero-order valence-corrected chi connectivity index (χ0v) is 24.3. The third kappa shape index (κ3) is 4.74. The molecule has 0 radical (unpaired) electrons. The Bertz CT molecular complexity index is 1980. The van der Waals surface area contributed by atoms with Gasteiger partial charge in [-0.15, -0.1) is 0 Å². The highest BCUT2D eigenvalue weighted by molar-refractivity contribution is 7.46. The van der Waals surface area contributed by atoms with E-state index in [0.29, 0.717) is 21.8 Å². The van der Waals surface area contributed by atoms with E-state index < -0.39 is 50.1 Å². The first kappa shape index (κ1) is 28.9. The number of benzene rings is 2. The fourth-order valence-corrected chi connectivity index (χ4v) is 6.49. The lowest BCUT2D eigenvalue weighted by atomic mass is 9.75. The van der Waals surface area contributed by atoms with Gasteiger partial charge in [-0.1, -0.05) is 37.0 Å². The fourth-order valence-electron chi connectivity index (χ4n) is 5.47. The molecule has 0 bridgehead atoms. The van der Waals surface area contributed by atoms with Crippen LogP contribution >= 0.6 is 31.0 Å². The number of phenolic OH excluding ortho intramolecular Hbond substituents is 1. The molecular weight excluding hydrogens is 614 g/mol. The minimum atomic E-state index is -4.82. The number of aliphatic hydroxyl groups excluding tert-OH is 1. The average Bonchev–Trinajstić information content (AvgIpc) is 3.45. The average molecular weight is 637 g/mol. The number of aliphatic hydroxyl groups is 1. The number of hydrogen-bond acceptors (Lipinski definition) is 9. The zero-order valence-electron chi connectivity index (χ0n) is 21.9. The molecule has 6 rings (SSSR count). The Kier molecular flexibility index (Phi) is 6.83. The molecule has 3 aliphatic rings. The third-order valence-corrected chi connectivity index (χ3v) is 8.56. The molecule has 0 spiro atoms. The van der Waals surface area contributed by atoms with E-state index in [4.69, 9.17) is 48.1 Å². The van der Waals surface area contributed by atoms with Crippen LogP contribution in [-0.2, 0) is 19.2 Å². The number of aromatic nitrogens is 2. The van der Waals surface area contributed by atoms with Crippen LogP contribution in [0.4, 0.5) is 5.69 Å². The van der Waals surface area contributed by atoms with E-state index in [1.165, 1.54) is 4.57 Å². The van der Waals surface area contributed by atoms with Gasteiger partial charge in [-0.2, -0.15) is 4.99 Å². The van der Waals surface area contributed by atoms with E-state index in [0.717, 1.165) is 5.56 Å². The van der Waals surface area contributed by atoms with Gasteiger partial charge in [0, 0.05) is 22.6 Å². The van der Waals surface area contributed by atoms with Gasteiger partial charge in [-0.05, 0) is 29.8 Å². The number of phosphoric acid groups is 1. The summed E-state index contributed by atoms with van der Waals surface area (Å²) in [5.74, 6) is -1.34. The van der Waals surface area contributed by atoms with E-state index in [1.807, 2.05) is 13.8 Å². The maximum Gasteiger partial charge on any atom is 0.469 e. The second-order valence-electron chi connectivity index (χ2n) is 10.5. The van der Waals surface area contributed by atoms with Crippen LogP contribution < -0.4 is 16.2 Å². The molecule has 1 saturated heterocycles. The lowest BCUT2D eigenvalue weighted by Gasteiger charge is -2.32. The minimum absolute atomic E-state index is 0.0159. The van der Waals surface area contributed by atoms with Crippen LogP contribution in [0.15, 0.2) is 34.3 Å². The van der Waals surface area contributed by atoms with Gasteiger partial charge in [0.25, 0.3) is 5.91 Å². The summed E-state index contributed by atoms with van der Waals surface area (Å²) in [5.41, 5.74) is 1.18. The maximum atomic E-state index is 12.8. The molecule has 17 heteroatoms. The maximum absolute atomic E-state index is 12.8. The number of phosphoric ester groups is 1. The standard InChI is InChI=1S/C25H23Cl2N6O8P/c1-25(2)10-5-9(3-4-12(10)29-13-6-11(26)20(35)18(27)17(13)25)21-30-19-22(31-24(28)32-23(19)36)33(21)16-7-14(34)15(41-16)8-40-42(37,38)39/h3-6,14-16,34-35H,7-8H2,1-2H3,(H2,28,32,36)(H2,37,38,39)/t14-,15+,16+/m0/s1. The van der Waals surface area contributed by atoms with E-state index >= 15 is 0 Å². The second kappa shape index (κ2) is 9.93. The van der Waals surface area contributed by atoms with Crippen LogP contribution in [-0.4, -0.2) is 60.2 Å². The van der Waals surface area contributed by atoms with Crippen LogP contribution in [0.25, 0.3) is 0 Å². The number of imidazole rings is 1. The highest BCUT2D eigenvalue weighted by Gasteiger charge is 2.39. The van der Waals surface area contributed by atoms with Crippen molar-refractivity contribution in [1.29, 1.82) is 5.41 Å². The molecule has 1 amide bonds. The molecule has 42 heavy (non-hydrogen) atoms. The van der Waals surface area contributed by atoms with Crippen molar-refractivity contribution in [2.24, 2.45) is 9.98 Å². The number of nitrogens with one attached hydrogen (secondary N) is 2.